The molecular formula is C15H15BrClN3O. The Labute approximate surface area is 137 Å². The van der Waals surface area contributed by atoms with Gasteiger partial charge >= 0.3 is 0 Å². The van der Waals surface area contributed by atoms with Crippen LogP contribution in [0.1, 0.15) is 18.2 Å². The molecule has 110 valence electrons. The van der Waals surface area contributed by atoms with Crippen molar-refractivity contribution in [2.45, 2.75) is 20.0 Å². The molecule has 1 aromatic heterocycles. The van der Waals surface area contributed by atoms with Crippen molar-refractivity contribution in [2.24, 2.45) is 0 Å². The van der Waals surface area contributed by atoms with E-state index in [1.807, 2.05) is 25.1 Å². The summed E-state index contributed by atoms with van der Waals surface area (Å²) in [6.45, 7) is 4.13. The van der Waals surface area contributed by atoms with Crippen LogP contribution in [0, 0.1) is 0 Å². The molecule has 0 amide bonds. The summed E-state index contributed by atoms with van der Waals surface area (Å²) >= 11 is 9.57. The van der Waals surface area contributed by atoms with Crippen molar-refractivity contribution >= 4 is 33.3 Å². The van der Waals surface area contributed by atoms with Gasteiger partial charge in [0.2, 0.25) is 0 Å². The highest BCUT2D eigenvalue weighted by atomic mass is 79.9. The average molecular weight is 369 g/mol. The van der Waals surface area contributed by atoms with Gasteiger partial charge in [-0.3, -0.25) is 0 Å². The summed E-state index contributed by atoms with van der Waals surface area (Å²) in [5, 5.41) is 3.95. The van der Waals surface area contributed by atoms with Crippen molar-refractivity contribution in [3.8, 4) is 11.4 Å². The highest BCUT2D eigenvalue weighted by Crippen LogP contribution is 2.30. The molecule has 0 unspecified atom stereocenters. The van der Waals surface area contributed by atoms with Crippen LogP contribution in [-0.4, -0.2) is 23.1 Å². The average Bonchev–Trinajstić information content (AvgIpc) is 2.50. The molecular weight excluding hydrogens is 354 g/mol. The fourth-order valence-electron chi connectivity index (χ4n) is 2.31. The standard InChI is InChI=1S/C15H15BrClN3O/c1-2-18-15-10-8-21-6-5-13(10)19-14(20-15)9-3-4-11(16)12(17)7-9/h3-4,7H,2,5-6,8H2,1H3,(H,18,19,20). The first-order chi connectivity index (χ1) is 10.2. The molecule has 0 aliphatic carbocycles. The van der Waals surface area contributed by atoms with Gasteiger partial charge in [0.15, 0.2) is 5.82 Å². The summed E-state index contributed by atoms with van der Waals surface area (Å²) in [6.07, 6.45) is 0.813. The minimum absolute atomic E-state index is 0.568. The quantitative estimate of drug-likeness (QED) is 0.887. The minimum Gasteiger partial charge on any atom is -0.376 e. The van der Waals surface area contributed by atoms with E-state index >= 15 is 0 Å². The highest BCUT2D eigenvalue weighted by molar-refractivity contribution is 9.10. The van der Waals surface area contributed by atoms with Crippen LogP contribution in [0.15, 0.2) is 22.7 Å². The molecule has 0 saturated carbocycles. The number of nitrogens with one attached hydrogen (secondary N) is 1. The molecule has 0 atom stereocenters. The third-order valence-corrected chi connectivity index (χ3v) is 4.58. The molecule has 0 radical (unpaired) electrons. The maximum Gasteiger partial charge on any atom is 0.161 e. The van der Waals surface area contributed by atoms with E-state index in [0.717, 1.165) is 40.1 Å². The second kappa shape index (κ2) is 6.30. The number of aromatic nitrogens is 2. The highest BCUT2D eigenvalue weighted by Gasteiger charge is 2.18. The van der Waals surface area contributed by atoms with E-state index in [2.05, 4.69) is 26.2 Å². The van der Waals surface area contributed by atoms with Gasteiger partial charge in [-0.25, -0.2) is 9.97 Å². The molecule has 0 spiro atoms. The predicted molar refractivity (Wildman–Crippen MR) is 87.7 cm³/mol. The third-order valence-electron chi connectivity index (χ3n) is 3.34. The largest absolute Gasteiger partial charge is 0.376 e. The minimum atomic E-state index is 0.568. The van der Waals surface area contributed by atoms with Crippen LogP contribution in [-0.2, 0) is 17.8 Å². The van der Waals surface area contributed by atoms with Crippen LogP contribution in [0.3, 0.4) is 0 Å². The lowest BCUT2D eigenvalue weighted by Gasteiger charge is -2.20. The lowest BCUT2D eigenvalue weighted by atomic mass is 10.1. The van der Waals surface area contributed by atoms with Gasteiger partial charge < -0.3 is 10.1 Å². The van der Waals surface area contributed by atoms with E-state index in [9.17, 15) is 0 Å². The topological polar surface area (TPSA) is 47.0 Å². The zero-order valence-electron chi connectivity index (χ0n) is 11.6. The first kappa shape index (κ1) is 14.8. The predicted octanol–water partition coefficient (Wildman–Crippen LogP) is 4.06. The number of hydrogen-bond acceptors (Lipinski definition) is 4. The summed E-state index contributed by atoms with van der Waals surface area (Å²) in [4.78, 5) is 9.33. The van der Waals surface area contributed by atoms with Crippen LogP contribution in [0.2, 0.25) is 5.02 Å². The van der Waals surface area contributed by atoms with Crippen LogP contribution < -0.4 is 5.32 Å². The van der Waals surface area contributed by atoms with E-state index in [4.69, 9.17) is 21.3 Å². The fourth-order valence-corrected chi connectivity index (χ4v) is 2.74. The number of rotatable bonds is 3. The fraction of sp³-hybridized carbons (Fsp3) is 0.333. The summed E-state index contributed by atoms with van der Waals surface area (Å²) in [5.74, 6) is 1.55. The van der Waals surface area contributed by atoms with E-state index in [1.165, 1.54) is 0 Å². The van der Waals surface area contributed by atoms with Crippen LogP contribution in [0.25, 0.3) is 11.4 Å². The normalized spacial score (nSPS) is 13.9. The van der Waals surface area contributed by atoms with E-state index < -0.39 is 0 Å². The molecule has 21 heavy (non-hydrogen) atoms. The number of anilines is 1. The first-order valence-corrected chi connectivity index (χ1v) is 8.03. The molecule has 0 saturated heterocycles. The molecule has 2 heterocycles. The Hall–Kier alpha value is -1.17. The summed E-state index contributed by atoms with van der Waals surface area (Å²) < 4.78 is 6.38. The van der Waals surface area contributed by atoms with Gasteiger partial charge in [-0.15, -0.1) is 0 Å². The molecule has 6 heteroatoms. The SMILES string of the molecule is CCNc1nc(-c2ccc(Br)c(Cl)c2)nc2c1COCC2. The van der Waals surface area contributed by atoms with Crippen molar-refractivity contribution in [3.63, 3.8) is 0 Å². The number of nitrogens with zero attached hydrogens (tertiary/aromatic N) is 2. The van der Waals surface area contributed by atoms with Crippen LogP contribution in [0.4, 0.5) is 5.82 Å². The van der Waals surface area contributed by atoms with Crippen molar-refractivity contribution in [1.82, 2.24) is 9.97 Å². The lowest BCUT2D eigenvalue weighted by molar-refractivity contribution is 0.109. The zero-order chi connectivity index (χ0) is 14.8. The molecule has 1 aliphatic rings. The van der Waals surface area contributed by atoms with E-state index in [0.29, 0.717) is 24.1 Å². The van der Waals surface area contributed by atoms with Crippen LogP contribution in [0.5, 0.6) is 0 Å². The number of halogens is 2. The molecule has 1 N–H and O–H groups in total. The number of fused-ring (bicyclic) bond motifs is 1. The van der Waals surface area contributed by atoms with Crippen molar-refractivity contribution in [2.75, 3.05) is 18.5 Å². The van der Waals surface area contributed by atoms with Gasteiger partial charge in [0.05, 0.1) is 23.9 Å². The Kier molecular flexibility index (Phi) is 4.42. The Bertz CT molecular complexity index is 678. The number of ether oxygens (including phenoxy) is 1. The lowest BCUT2D eigenvalue weighted by Crippen LogP contribution is -2.17. The Balaban J connectivity index is 2.09. The van der Waals surface area contributed by atoms with Gasteiger partial charge in [0.1, 0.15) is 5.82 Å². The number of benzene rings is 1. The molecule has 1 aromatic carbocycles. The van der Waals surface area contributed by atoms with Gasteiger partial charge in [0.25, 0.3) is 0 Å². The van der Waals surface area contributed by atoms with E-state index in [1.54, 1.807) is 0 Å². The second-order valence-electron chi connectivity index (χ2n) is 4.78. The van der Waals surface area contributed by atoms with Crippen molar-refractivity contribution < 1.29 is 4.74 Å². The van der Waals surface area contributed by atoms with E-state index in [-0.39, 0.29) is 0 Å². The summed E-state index contributed by atoms with van der Waals surface area (Å²) in [5.41, 5.74) is 3.04. The Morgan fingerprint density at radius 2 is 2.24 bits per heavy atom. The summed E-state index contributed by atoms with van der Waals surface area (Å²) in [6, 6.07) is 5.76. The monoisotopic (exact) mass is 367 g/mol. The second-order valence-corrected chi connectivity index (χ2v) is 6.04. The Morgan fingerprint density at radius 1 is 1.38 bits per heavy atom. The van der Waals surface area contributed by atoms with Gasteiger partial charge in [-0.2, -0.15) is 0 Å². The zero-order valence-corrected chi connectivity index (χ0v) is 14.0. The van der Waals surface area contributed by atoms with Gasteiger partial charge in [-0.1, -0.05) is 11.6 Å². The molecule has 0 fully saturated rings. The molecule has 3 rings (SSSR count). The van der Waals surface area contributed by atoms with Crippen molar-refractivity contribution in [1.29, 1.82) is 0 Å². The van der Waals surface area contributed by atoms with Gasteiger partial charge in [-0.05, 0) is 41.1 Å². The number of hydrogen-bond donors (Lipinski definition) is 1. The molecule has 4 nitrogen and oxygen atoms in total. The van der Waals surface area contributed by atoms with Crippen molar-refractivity contribution in [3.05, 3.63) is 39.0 Å². The summed E-state index contributed by atoms with van der Waals surface area (Å²) in [7, 11) is 0. The molecule has 2 aromatic rings. The first-order valence-electron chi connectivity index (χ1n) is 6.86. The maximum atomic E-state index is 6.17. The maximum absolute atomic E-state index is 6.17. The third kappa shape index (κ3) is 3.05. The molecule has 0 bridgehead atoms. The van der Waals surface area contributed by atoms with Crippen LogP contribution >= 0.6 is 27.5 Å². The van der Waals surface area contributed by atoms with Gasteiger partial charge in [0, 0.05) is 28.6 Å². The smallest absolute Gasteiger partial charge is 0.161 e. The Morgan fingerprint density at radius 3 is 3.00 bits per heavy atom. The molecule has 1 aliphatic heterocycles.